The lowest BCUT2D eigenvalue weighted by molar-refractivity contribution is 0.0576. The van der Waals surface area contributed by atoms with Crippen molar-refractivity contribution in [1.29, 1.82) is 0 Å². The first-order valence-corrected chi connectivity index (χ1v) is 9.68. The van der Waals surface area contributed by atoms with Crippen LogP contribution < -0.4 is 4.74 Å². The van der Waals surface area contributed by atoms with E-state index in [1.165, 1.54) is 14.2 Å². The van der Waals surface area contributed by atoms with E-state index in [1.54, 1.807) is 36.4 Å². The highest BCUT2D eigenvalue weighted by Crippen LogP contribution is 2.23. The maximum atomic E-state index is 11.9. The van der Waals surface area contributed by atoms with Gasteiger partial charge in [-0.05, 0) is 43.0 Å². The molecule has 0 fully saturated rings. The largest absolute Gasteiger partial charge is 0.489 e. The molecule has 6 heteroatoms. The smallest absolute Gasteiger partial charge is 0.341 e. The number of carbonyl (C=O) groups is 2. The number of aryl methyl sites for hydroxylation is 1. The van der Waals surface area contributed by atoms with E-state index in [2.05, 4.69) is 0 Å². The number of hydrogen-bond acceptors (Lipinski definition) is 6. The number of benzene rings is 2. The predicted octanol–water partition coefficient (Wildman–Crippen LogP) is 3.80. The van der Waals surface area contributed by atoms with Crippen molar-refractivity contribution in [3.8, 4) is 5.75 Å². The van der Waals surface area contributed by atoms with Gasteiger partial charge in [0.05, 0.1) is 25.9 Å². The van der Waals surface area contributed by atoms with Crippen molar-refractivity contribution in [3.63, 3.8) is 0 Å². The average molecular weight is 400 g/mol. The Kier molecular flexibility index (Phi) is 8.68. The van der Waals surface area contributed by atoms with Gasteiger partial charge >= 0.3 is 11.9 Å². The number of hydrogen-bond donors (Lipinski definition) is 1. The maximum absolute atomic E-state index is 11.9. The van der Waals surface area contributed by atoms with Crippen LogP contribution in [-0.4, -0.2) is 43.5 Å². The van der Waals surface area contributed by atoms with Gasteiger partial charge in [0.25, 0.3) is 0 Å². The minimum absolute atomic E-state index is 0.258. The van der Waals surface area contributed by atoms with Gasteiger partial charge in [-0.3, -0.25) is 0 Å². The Balaban J connectivity index is 1.99. The molecule has 0 radical (unpaired) electrons. The third kappa shape index (κ3) is 6.32. The van der Waals surface area contributed by atoms with E-state index in [4.69, 9.17) is 14.2 Å². The minimum Gasteiger partial charge on any atom is -0.489 e. The van der Waals surface area contributed by atoms with Crippen molar-refractivity contribution in [2.45, 2.75) is 44.8 Å². The van der Waals surface area contributed by atoms with Gasteiger partial charge in [-0.15, -0.1) is 0 Å². The normalized spacial score (nSPS) is 12.7. The second-order valence-electron chi connectivity index (χ2n) is 6.71. The van der Waals surface area contributed by atoms with Crippen molar-refractivity contribution in [1.82, 2.24) is 0 Å². The molecule has 156 valence electrons. The number of esters is 2. The third-order valence-corrected chi connectivity index (χ3v) is 4.75. The third-order valence-electron chi connectivity index (χ3n) is 4.75. The summed E-state index contributed by atoms with van der Waals surface area (Å²) in [7, 11) is 2.68. The minimum atomic E-state index is -0.615. The van der Waals surface area contributed by atoms with Crippen LogP contribution in [-0.2, 0) is 15.9 Å². The molecule has 1 N–H and O–H groups in total. The molecule has 2 rings (SSSR count). The van der Waals surface area contributed by atoms with E-state index in [0.29, 0.717) is 42.6 Å². The second-order valence-corrected chi connectivity index (χ2v) is 6.71. The molecule has 2 aromatic carbocycles. The molecule has 2 unspecified atom stereocenters. The standard InChI is InChI=1S/C23H28O6/c1-4-18(29-21-12-8-7-11-20(21)23(26)28-3)15-17(24)14-13-16-9-5-6-10-19(16)22(25)27-2/h5-12,17-18,24H,4,13-15H2,1-3H3. The summed E-state index contributed by atoms with van der Waals surface area (Å²) < 4.78 is 15.6. The number of methoxy groups -OCH3 is 2. The first kappa shape index (κ1) is 22.4. The molecule has 0 spiro atoms. The fourth-order valence-electron chi connectivity index (χ4n) is 3.12. The molecule has 6 nitrogen and oxygen atoms in total. The number of ether oxygens (including phenoxy) is 3. The number of aliphatic hydroxyl groups excluding tert-OH is 1. The maximum Gasteiger partial charge on any atom is 0.341 e. The summed E-state index contributed by atoms with van der Waals surface area (Å²) >= 11 is 0. The molecule has 0 aliphatic rings. The van der Waals surface area contributed by atoms with Crippen molar-refractivity contribution in [2.24, 2.45) is 0 Å². The molecule has 0 saturated heterocycles. The van der Waals surface area contributed by atoms with Crippen molar-refractivity contribution in [3.05, 3.63) is 65.2 Å². The highest BCUT2D eigenvalue weighted by atomic mass is 16.5. The zero-order valence-electron chi connectivity index (χ0n) is 17.1. The van der Waals surface area contributed by atoms with Gasteiger partial charge in [-0.2, -0.15) is 0 Å². The number of rotatable bonds is 10. The van der Waals surface area contributed by atoms with Crippen LogP contribution >= 0.6 is 0 Å². The Morgan fingerprint density at radius 2 is 1.52 bits per heavy atom. The molecule has 29 heavy (non-hydrogen) atoms. The predicted molar refractivity (Wildman–Crippen MR) is 109 cm³/mol. The number of para-hydroxylation sites is 1. The lowest BCUT2D eigenvalue weighted by Gasteiger charge is -2.22. The molecule has 0 bridgehead atoms. The van der Waals surface area contributed by atoms with Crippen LogP contribution in [0, 0.1) is 0 Å². The molecule has 0 heterocycles. The quantitative estimate of drug-likeness (QED) is 0.611. The Bertz CT molecular complexity index is 817. The van der Waals surface area contributed by atoms with Gasteiger partial charge in [0.1, 0.15) is 17.4 Å². The highest BCUT2D eigenvalue weighted by molar-refractivity contribution is 5.92. The lowest BCUT2D eigenvalue weighted by Crippen LogP contribution is -2.24. The van der Waals surface area contributed by atoms with Crippen LogP contribution in [0.5, 0.6) is 5.75 Å². The molecule has 0 aliphatic carbocycles. The van der Waals surface area contributed by atoms with E-state index in [9.17, 15) is 14.7 Å². The molecule has 0 aromatic heterocycles. The number of carbonyl (C=O) groups excluding carboxylic acids is 2. The second kappa shape index (κ2) is 11.2. The first-order chi connectivity index (χ1) is 14.0. The molecular formula is C23H28O6. The molecule has 0 aliphatic heterocycles. The zero-order valence-corrected chi connectivity index (χ0v) is 17.1. The summed E-state index contributed by atoms with van der Waals surface area (Å²) in [5, 5.41) is 10.5. The SMILES string of the molecule is CCC(CC(O)CCc1ccccc1C(=O)OC)Oc1ccccc1C(=O)OC. The summed E-state index contributed by atoms with van der Waals surface area (Å²) in [6.45, 7) is 1.96. The van der Waals surface area contributed by atoms with Gasteiger partial charge < -0.3 is 19.3 Å². The van der Waals surface area contributed by atoms with E-state index in [-0.39, 0.29) is 12.1 Å². The summed E-state index contributed by atoms with van der Waals surface area (Å²) in [4.78, 5) is 23.8. The highest BCUT2D eigenvalue weighted by Gasteiger charge is 2.19. The average Bonchev–Trinajstić information content (AvgIpc) is 2.76. The first-order valence-electron chi connectivity index (χ1n) is 9.68. The Morgan fingerprint density at radius 3 is 2.17 bits per heavy atom. The van der Waals surface area contributed by atoms with E-state index in [1.807, 2.05) is 19.1 Å². The van der Waals surface area contributed by atoms with Crippen molar-refractivity contribution >= 4 is 11.9 Å². The van der Waals surface area contributed by atoms with Crippen LogP contribution in [0.15, 0.2) is 48.5 Å². The van der Waals surface area contributed by atoms with Crippen LogP contribution in [0.2, 0.25) is 0 Å². The summed E-state index contributed by atoms with van der Waals surface area (Å²) in [5.41, 5.74) is 1.70. The van der Waals surface area contributed by atoms with Crippen LogP contribution in [0.3, 0.4) is 0 Å². The number of aliphatic hydroxyl groups is 1. The van der Waals surface area contributed by atoms with Crippen LogP contribution in [0.1, 0.15) is 52.5 Å². The molecule has 2 atom stereocenters. The van der Waals surface area contributed by atoms with Gasteiger partial charge in [0.15, 0.2) is 0 Å². The molecular weight excluding hydrogens is 372 g/mol. The Hall–Kier alpha value is -2.86. The monoisotopic (exact) mass is 400 g/mol. The van der Waals surface area contributed by atoms with Gasteiger partial charge in [0.2, 0.25) is 0 Å². The topological polar surface area (TPSA) is 82.1 Å². The molecule has 0 saturated carbocycles. The summed E-state index contributed by atoms with van der Waals surface area (Å²) in [6, 6.07) is 14.1. The fraction of sp³-hybridized carbons (Fsp3) is 0.391. The van der Waals surface area contributed by atoms with Crippen LogP contribution in [0.4, 0.5) is 0 Å². The zero-order chi connectivity index (χ0) is 21.2. The molecule has 2 aromatic rings. The lowest BCUT2D eigenvalue weighted by atomic mass is 9.98. The van der Waals surface area contributed by atoms with Crippen LogP contribution in [0.25, 0.3) is 0 Å². The van der Waals surface area contributed by atoms with Gasteiger partial charge in [-0.25, -0.2) is 9.59 Å². The van der Waals surface area contributed by atoms with Gasteiger partial charge in [0, 0.05) is 6.42 Å². The Morgan fingerprint density at radius 1 is 0.931 bits per heavy atom. The molecule has 0 amide bonds. The van der Waals surface area contributed by atoms with E-state index >= 15 is 0 Å². The van der Waals surface area contributed by atoms with Gasteiger partial charge in [-0.1, -0.05) is 37.3 Å². The fourth-order valence-corrected chi connectivity index (χ4v) is 3.12. The summed E-state index contributed by atoms with van der Waals surface area (Å²) in [6.07, 6.45) is 1.23. The van der Waals surface area contributed by atoms with Crippen molar-refractivity contribution in [2.75, 3.05) is 14.2 Å². The summed E-state index contributed by atoms with van der Waals surface area (Å²) in [5.74, 6) is -0.408. The van der Waals surface area contributed by atoms with Crippen molar-refractivity contribution < 1.29 is 28.9 Å². The van der Waals surface area contributed by atoms with E-state index < -0.39 is 12.1 Å². The Labute approximate surface area is 171 Å². The van der Waals surface area contributed by atoms with E-state index in [0.717, 1.165) is 5.56 Å².